The van der Waals surface area contributed by atoms with Gasteiger partial charge in [-0.05, 0) is 45.2 Å². The molecule has 0 radical (unpaired) electrons. The van der Waals surface area contributed by atoms with E-state index in [0.29, 0.717) is 71.3 Å². The summed E-state index contributed by atoms with van der Waals surface area (Å²) in [6.45, 7) is 4.93. The topological polar surface area (TPSA) is 175 Å². The van der Waals surface area contributed by atoms with Crippen LogP contribution < -0.4 is 5.32 Å². The van der Waals surface area contributed by atoms with E-state index in [4.69, 9.17) is 4.42 Å². The van der Waals surface area contributed by atoms with Crippen LogP contribution in [0.25, 0.3) is 22.2 Å². The molecule has 0 aromatic carbocycles. The fourth-order valence-electron chi connectivity index (χ4n) is 6.92. The molecule has 14 heteroatoms. The lowest BCUT2D eigenvalue weighted by Gasteiger charge is -2.27. The van der Waals surface area contributed by atoms with Gasteiger partial charge >= 0.3 is 0 Å². The fourth-order valence-corrected chi connectivity index (χ4v) is 6.92. The molecule has 2 fully saturated rings. The Balaban J connectivity index is 1.12. The molecular weight excluding hydrogens is 612 g/mol. The van der Waals surface area contributed by atoms with Crippen LogP contribution in [0.4, 0.5) is 5.82 Å². The Morgan fingerprint density at radius 3 is 2.69 bits per heavy atom. The van der Waals surface area contributed by atoms with Crippen LogP contribution in [0.5, 0.6) is 0 Å². The predicted molar refractivity (Wildman–Crippen MR) is 172 cm³/mol. The van der Waals surface area contributed by atoms with Crippen LogP contribution in [-0.4, -0.2) is 74.5 Å². The summed E-state index contributed by atoms with van der Waals surface area (Å²) in [4.78, 5) is 60.4. The predicted octanol–water partition coefficient (Wildman–Crippen LogP) is 3.58. The zero-order valence-electron chi connectivity index (χ0n) is 26.7. The van der Waals surface area contributed by atoms with Gasteiger partial charge in [0.2, 0.25) is 23.6 Å². The number of Topliss-reactive ketones (excluding diaryl/α,β-unsaturated/α-hetero) is 1. The molecule has 3 atom stereocenters. The molecule has 3 aliphatic rings. The smallest absolute Gasteiger partial charge is 0.248 e. The minimum absolute atomic E-state index is 0.148. The van der Waals surface area contributed by atoms with E-state index in [1.165, 1.54) is 11.6 Å². The number of nitrogens with one attached hydrogen (secondary N) is 1. The number of carbonyl (C=O) groups is 3. The van der Waals surface area contributed by atoms with Crippen molar-refractivity contribution in [2.45, 2.75) is 71.5 Å². The Bertz CT molecular complexity index is 2150. The van der Waals surface area contributed by atoms with Gasteiger partial charge in [-0.15, -0.1) is 10.2 Å². The van der Waals surface area contributed by atoms with E-state index < -0.39 is 6.04 Å². The summed E-state index contributed by atoms with van der Waals surface area (Å²) in [5, 5.41) is 16.5. The summed E-state index contributed by atoms with van der Waals surface area (Å²) in [6, 6.07) is 4.65. The van der Waals surface area contributed by atoms with Crippen molar-refractivity contribution < 1.29 is 18.8 Å². The second-order valence-corrected chi connectivity index (χ2v) is 12.8. The quantitative estimate of drug-likeness (QED) is 0.224. The number of amides is 2. The largest absolute Gasteiger partial charge is 0.425 e. The van der Waals surface area contributed by atoms with Crippen LogP contribution in [0.15, 0.2) is 53.4 Å². The minimum Gasteiger partial charge on any atom is -0.425 e. The SMILES string of the molecule is CC(=O)c1nn(CC(=O)N2[C@H]3C[C@@]4(C=CCCc5nnc(o5)Cc5ccc(C)nc5NC3=O)C[C@@H]24)c2cnc(-c3cnc(C)nc3)cc12. The van der Waals surface area contributed by atoms with Crippen molar-refractivity contribution in [3.8, 4) is 11.3 Å². The molecule has 5 aromatic heterocycles. The number of fused-ring (bicyclic) bond motifs is 5. The van der Waals surface area contributed by atoms with Gasteiger partial charge in [-0.25, -0.2) is 15.0 Å². The van der Waals surface area contributed by atoms with E-state index in [0.717, 1.165) is 17.7 Å². The van der Waals surface area contributed by atoms with Gasteiger partial charge < -0.3 is 14.6 Å². The molecular formula is C34H32N10O4. The lowest BCUT2D eigenvalue weighted by Crippen LogP contribution is -2.47. The first kappa shape index (κ1) is 29.7. The molecule has 48 heavy (non-hydrogen) atoms. The summed E-state index contributed by atoms with van der Waals surface area (Å²) < 4.78 is 7.38. The van der Waals surface area contributed by atoms with Gasteiger partial charge in [-0.1, -0.05) is 18.2 Å². The van der Waals surface area contributed by atoms with Gasteiger partial charge in [0.1, 0.15) is 29.9 Å². The third kappa shape index (κ3) is 5.22. The number of rotatable bonds is 4. The number of allylic oxidation sites excluding steroid dienone is 1. The molecule has 8 rings (SSSR count). The molecule has 1 saturated carbocycles. The average Bonchev–Trinajstić information content (AvgIpc) is 3.33. The number of aromatic nitrogens is 8. The van der Waals surface area contributed by atoms with Crippen LogP contribution in [0.2, 0.25) is 0 Å². The summed E-state index contributed by atoms with van der Waals surface area (Å²) in [5.41, 5.74) is 3.21. The number of piperidine rings is 1. The first-order chi connectivity index (χ1) is 23.2. The van der Waals surface area contributed by atoms with Crippen LogP contribution in [0.3, 0.4) is 0 Å². The molecule has 2 aliphatic heterocycles. The molecule has 1 spiro atoms. The van der Waals surface area contributed by atoms with Crippen molar-refractivity contribution in [2.75, 3.05) is 5.32 Å². The highest BCUT2D eigenvalue weighted by atomic mass is 16.4. The van der Waals surface area contributed by atoms with Gasteiger partial charge in [-0.3, -0.25) is 24.0 Å². The maximum atomic E-state index is 14.2. The summed E-state index contributed by atoms with van der Waals surface area (Å²) in [6.07, 6.45) is 12.0. The van der Waals surface area contributed by atoms with Gasteiger partial charge in [0.15, 0.2) is 5.78 Å². The minimum atomic E-state index is -0.726. The highest BCUT2D eigenvalue weighted by molar-refractivity contribution is 6.05. The molecule has 7 heterocycles. The molecule has 5 aromatic rings. The maximum absolute atomic E-state index is 14.2. The molecule has 2 amide bonds. The number of ketones is 1. The Labute approximate surface area is 274 Å². The molecule has 0 unspecified atom stereocenters. The Hall–Kier alpha value is -5.66. The second-order valence-electron chi connectivity index (χ2n) is 12.8. The molecule has 242 valence electrons. The van der Waals surface area contributed by atoms with Gasteiger partial charge in [-0.2, -0.15) is 5.10 Å². The van der Waals surface area contributed by atoms with Gasteiger partial charge in [0.05, 0.1) is 23.8 Å². The Kier molecular flexibility index (Phi) is 6.96. The third-order valence-electron chi connectivity index (χ3n) is 9.43. The zero-order valence-corrected chi connectivity index (χ0v) is 26.7. The van der Waals surface area contributed by atoms with E-state index in [1.807, 2.05) is 19.1 Å². The third-order valence-corrected chi connectivity index (χ3v) is 9.43. The summed E-state index contributed by atoms with van der Waals surface area (Å²) in [7, 11) is 0. The molecule has 4 bridgehead atoms. The van der Waals surface area contributed by atoms with Gasteiger partial charge in [0.25, 0.3) is 0 Å². The number of aryl methyl sites for hydroxylation is 3. The Morgan fingerprint density at radius 2 is 1.88 bits per heavy atom. The molecule has 1 aliphatic carbocycles. The standard InChI is InChI=1S/C34H32N10O4/c1-18-7-8-21-10-29-41-40-28(48-29)6-4-5-9-34-12-25(33(47)39-32(21)38-18)44(27(34)13-34)30(46)17-43-26-16-37-24(22-14-35-20(3)36-15-22)11-23(26)31(42-43)19(2)45/h5,7-9,11,14-16,25,27H,4,6,10,12-13,17H2,1-3H3,(H,38,39,47)/t25-,27+,34-/m0/s1. The first-order valence-electron chi connectivity index (χ1n) is 15.9. The number of pyridine rings is 2. The van der Waals surface area contributed by atoms with Crippen LogP contribution in [0.1, 0.15) is 65.5 Å². The lowest BCUT2D eigenvalue weighted by molar-refractivity contribution is -0.138. The average molecular weight is 645 g/mol. The Morgan fingerprint density at radius 1 is 1.06 bits per heavy atom. The molecule has 1 N–H and O–H groups in total. The van der Waals surface area contributed by atoms with Crippen LogP contribution in [0, 0.1) is 19.3 Å². The number of hydrogen-bond donors (Lipinski definition) is 1. The van der Waals surface area contributed by atoms with Crippen molar-refractivity contribution in [1.82, 2.24) is 44.8 Å². The first-order valence-corrected chi connectivity index (χ1v) is 15.9. The zero-order chi connectivity index (χ0) is 33.2. The fraction of sp³-hybridized carbons (Fsp3) is 0.353. The number of likely N-dealkylation sites (tertiary alicyclic amines) is 1. The number of nitrogens with zero attached hydrogens (tertiary/aromatic N) is 9. The summed E-state index contributed by atoms with van der Waals surface area (Å²) in [5.74, 6) is 1.20. The van der Waals surface area contributed by atoms with Crippen molar-refractivity contribution in [2.24, 2.45) is 5.41 Å². The highest BCUT2D eigenvalue weighted by Gasteiger charge is 2.65. The lowest BCUT2D eigenvalue weighted by atomic mass is 9.98. The van der Waals surface area contributed by atoms with Crippen molar-refractivity contribution in [3.63, 3.8) is 0 Å². The number of anilines is 1. The number of carbonyl (C=O) groups excluding carboxylic acids is 3. The maximum Gasteiger partial charge on any atom is 0.248 e. The van der Waals surface area contributed by atoms with Crippen LogP contribution >= 0.6 is 0 Å². The number of hydrogen-bond acceptors (Lipinski definition) is 11. The normalized spacial score (nSPS) is 21.6. The van der Waals surface area contributed by atoms with Crippen molar-refractivity contribution in [3.05, 3.63) is 83.5 Å². The van der Waals surface area contributed by atoms with E-state index in [-0.39, 0.29) is 41.3 Å². The van der Waals surface area contributed by atoms with Crippen molar-refractivity contribution in [1.29, 1.82) is 0 Å². The summed E-state index contributed by atoms with van der Waals surface area (Å²) >= 11 is 0. The van der Waals surface area contributed by atoms with E-state index in [2.05, 4.69) is 52.7 Å². The monoisotopic (exact) mass is 644 g/mol. The van der Waals surface area contributed by atoms with E-state index >= 15 is 0 Å². The van der Waals surface area contributed by atoms with E-state index in [9.17, 15) is 14.4 Å². The van der Waals surface area contributed by atoms with Crippen molar-refractivity contribution >= 4 is 34.3 Å². The van der Waals surface area contributed by atoms with Gasteiger partial charge in [0, 0.05) is 59.4 Å². The second kappa shape index (κ2) is 11.2. The van der Waals surface area contributed by atoms with E-state index in [1.54, 1.807) is 36.5 Å². The van der Waals surface area contributed by atoms with Crippen LogP contribution in [-0.2, 0) is 29.0 Å². The molecule has 14 nitrogen and oxygen atoms in total. The molecule has 1 saturated heterocycles. The highest BCUT2D eigenvalue weighted by Crippen LogP contribution is 2.61.